The van der Waals surface area contributed by atoms with Gasteiger partial charge in [0.15, 0.2) is 0 Å². The van der Waals surface area contributed by atoms with E-state index in [4.69, 9.17) is 28.3 Å². The van der Waals surface area contributed by atoms with Crippen LogP contribution in [-0.2, 0) is 0 Å². The monoisotopic (exact) mass is 194 g/mol. The average Bonchev–Trinajstić information content (AvgIpc) is 1.87. The molecular formula is C8H12Cl2O. The molecule has 3 heteroatoms. The van der Waals surface area contributed by atoms with Crippen LogP contribution in [-0.4, -0.2) is 11.7 Å². The summed E-state index contributed by atoms with van der Waals surface area (Å²) in [6, 6.07) is 0. The first-order valence-corrected chi connectivity index (χ1v) is 4.20. The van der Waals surface area contributed by atoms with Crippen molar-refractivity contribution in [3.8, 4) is 0 Å². The number of halogens is 2. The lowest BCUT2D eigenvalue weighted by molar-refractivity contribution is 0.341. The molecule has 0 saturated carbocycles. The fraction of sp³-hybridized carbons (Fsp3) is 0.500. The zero-order valence-corrected chi connectivity index (χ0v) is 7.99. The van der Waals surface area contributed by atoms with E-state index in [1.807, 2.05) is 6.92 Å². The molecule has 0 rings (SSSR count). The highest BCUT2D eigenvalue weighted by molar-refractivity contribution is 6.55. The second-order valence-electron chi connectivity index (χ2n) is 2.27. The number of hydrogen-bond donors (Lipinski definition) is 1. The SMILES string of the molecule is C/C(=C\CO)CCC=C(Cl)Cl. The van der Waals surface area contributed by atoms with Gasteiger partial charge in [0.1, 0.15) is 4.49 Å². The van der Waals surface area contributed by atoms with Crippen LogP contribution in [0.15, 0.2) is 22.2 Å². The molecule has 1 nitrogen and oxygen atoms in total. The molecule has 0 unspecified atom stereocenters. The quantitative estimate of drug-likeness (QED) is 0.683. The van der Waals surface area contributed by atoms with E-state index in [-0.39, 0.29) is 6.61 Å². The van der Waals surface area contributed by atoms with Crippen LogP contribution < -0.4 is 0 Å². The summed E-state index contributed by atoms with van der Waals surface area (Å²) in [6.45, 7) is 2.07. The van der Waals surface area contributed by atoms with E-state index in [9.17, 15) is 0 Å². The van der Waals surface area contributed by atoms with Crippen molar-refractivity contribution in [2.24, 2.45) is 0 Å². The molecule has 0 aromatic rings. The van der Waals surface area contributed by atoms with Crippen molar-refractivity contribution in [1.29, 1.82) is 0 Å². The molecule has 0 bridgehead atoms. The highest BCUT2D eigenvalue weighted by Crippen LogP contribution is 2.11. The van der Waals surface area contributed by atoms with Gasteiger partial charge in [-0.3, -0.25) is 0 Å². The smallest absolute Gasteiger partial charge is 0.102 e. The number of aliphatic hydroxyl groups is 1. The summed E-state index contributed by atoms with van der Waals surface area (Å²) in [5.74, 6) is 0. The second-order valence-corrected chi connectivity index (χ2v) is 3.27. The molecule has 1 N–H and O–H groups in total. The summed E-state index contributed by atoms with van der Waals surface area (Å²) in [5, 5.41) is 8.50. The Hall–Kier alpha value is 0.0200. The summed E-state index contributed by atoms with van der Waals surface area (Å²) in [4.78, 5) is 0. The Bertz CT molecular complexity index is 157. The lowest BCUT2D eigenvalue weighted by Crippen LogP contribution is -1.79. The molecule has 0 spiro atoms. The van der Waals surface area contributed by atoms with Crippen molar-refractivity contribution in [3.05, 3.63) is 22.2 Å². The summed E-state index contributed by atoms with van der Waals surface area (Å²) < 4.78 is 0.307. The van der Waals surface area contributed by atoms with Gasteiger partial charge in [0, 0.05) is 0 Å². The Balaban J connectivity index is 3.54. The van der Waals surface area contributed by atoms with Gasteiger partial charge in [0.2, 0.25) is 0 Å². The second kappa shape index (κ2) is 6.71. The van der Waals surface area contributed by atoms with E-state index in [1.54, 1.807) is 12.2 Å². The predicted octanol–water partition coefficient (Wildman–Crippen LogP) is 3.02. The maximum Gasteiger partial charge on any atom is 0.102 e. The van der Waals surface area contributed by atoms with Gasteiger partial charge >= 0.3 is 0 Å². The zero-order chi connectivity index (χ0) is 8.69. The van der Waals surface area contributed by atoms with Gasteiger partial charge in [-0.25, -0.2) is 0 Å². The molecule has 0 aromatic carbocycles. The lowest BCUT2D eigenvalue weighted by atomic mass is 10.1. The van der Waals surface area contributed by atoms with Crippen molar-refractivity contribution in [1.82, 2.24) is 0 Å². The fourth-order valence-electron chi connectivity index (χ4n) is 0.667. The molecule has 0 aliphatic heterocycles. The average molecular weight is 195 g/mol. The third-order valence-electron chi connectivity index (χ3n) is 1.28. The molecule has 0 saturated heterocycles. The van der Waals surface area contributed by atoms with Crippen molar-refractivity contribution in [3.63, 3.8) is 0 Å². The van der Waals surface area contributed by atoms with Crippen LogP contribution in [0.2, 0.25) is 0 Å². The van der Waals surface area contributed by atoms with E-state index < -0.39 is 0 Å². The first-order valence-electron chi connectivity index (χ1n) is 3.44. The van der Waals surface area contributed by atoms with Crippen molar-refractivity contribution in [2.75, 3.05) is 6.61 Å². The third kappa shape index (κ3) is 7.92. The van der Waals surface area contributed by atoms with Gasteiger partial charge in [-0.2, -0.15) is 0 Å². The predicted molar refractivity (Wildman–Crippen MR) is 49.9 cm³/mol. The summed E-state index contributed by atoms with van der Waals surface area (Å²) in [6.07, 6.45) is 5.24. The molecule has 0 atom stereocenters. The first kappa shape index (κ1) is 11.0. The minimum absolute atomic E-state index is 0.101. The van der Waals surface area contributed by atoms with Gasteiger partial charge in [0.05, 0.1) is 6.61 Å². The summed E-state index contributed by atoms with van der Waals surface area (Å²) in [7, 11) is 0. The molecule has 0 fully saturated rings. The van der Waals surface area contributed by atoms with Crippen LogP contribution in [0.5, 0.6) is 0 Å². The Labute approximate surface area is 77.3 Å². The molecule has 0 aromatic heterocycles. The number of rotatable bonds is 4. The topological polar surface area (TPSA) is 20.2 Å². The normalized spacial score (nSPS) is 11.5. The Morgan fingerprint density at radius 2 is 2.00 bits per heavy atom. The van der Waals surface area contributed by atoms with E-state index in [0.29, 0.717) is 4.49 Å². The highest BCUT2D eigenvalue weighted by Gasteiger charge is 1.88. The maximum absolute atomic E-state index is 8.50. The Morgan fingerprint density at radius 1 is 1.36 bits per heavy atom. The van der Waals surface area contributed by atoms with Crippen molar-refractivity contribution < 1.29 is 5.11 Å². The van der Waals surface area contributed by atoms with Crippen LogP contribution >= 0.6 is 23.2 Å². The lowest BCUT2D eigenvalue weighted by Gasteiger charge is -1.95. The van der Waals surface area contributed by atoms with Crippen LogP contribution in [0.25, 0.3) is 0 Å². The number of allylic oxidation sites excluding steroid dienone is 2. The minimum Gasteiger partial charge on any atom is -0.392 e. The van der Waals surface area contributed by atoms with Crippen LogP contribution in [0.4, 0.5) is 0 Å². The van der Waals surface area contributed by atoms with Gasteiger partial charge in [-0.05, 0) is 19.8 Å². The van der Waals surface area contributed by atoms with Crippen LogP contribution in [0.1, 0.15) is 19.8 Å². The third-order valence-corrected chi connectivity index (χ3v) is 1.59. The van der Waals surface area contributed by atoms with Gasteiger partial charge in [-0.15, -0.1) is 0 Å². The molecule has 64 valence electrons. The largest absolute Gasteiger partial charge is 0.392 e. The molecule has 0 radical (unpaired) electrons. The maximum atomic E-state index is 8.50. The van der Waals surface area contributed by atoms with Crippen molar-refractivity contribution in [2.45, 2.75) is 19.8 Å². The van der Waals surface area contributed by atoms with Gasteiger partial charge < -0.3 is 5.11 Å². The van der Waals surface area contributed by atoms with E-state index in [1.165, 1.54) is 0 Å². The minimum atomic E-state index is 0.101. The first-order chi connectivity index (χ1) is 5.16. The molecule has 0 heterocycles. The van der Waals surface area contributed by atoms with Gasteiger partial charge in [0.25, 0.3) is 0 Å². The van der Waals surface area contributed by atoms with E-state index >= 15 is 0 Å². The zero-order valence-electron chi connectivity index (χ0n) is 6.48. The molecule has 0 aliphatic carbocycles. The number of hydrogen-bond acceptors (Lipinski definition) is 1. The standard InChI is InChI=1S/C8H12Cl2O/c1-7(5-6-11)3-2-4-8(9)10/h4-5,11H,2-3,6H2,1H3/b7-5+. The molecule has 11 heavy (non-hydrogen) atoms. The molecular weight excluding hydrogens is 183 g/mol. The van der Waals surface area contributed by atoms with Crippen molar-refractivity contribution >= 4 is 23.2 Å². The highest BCUT2D eigenvalue weighted by atomic mass is 35.5. The number of aliphatic hydroxyl groups excluding tert-OH is 1. The summed E-state index contributed by atoms with van der Waals surface area (Å²) in [5.41, 5.74) is 1.15. The van der Waals surface area contributed by atoms with E-state index in [2.05, 4.69) is 0 Å². The van der Waals surface area contributed by atoms with E-state index in [0.717, 1.165) is 18.4 Å². The summed E-state index contributed by atoms with van der Waals surface area (Å²) >= 11 is 10.8. The Morgan fingerprint density at radius 3 is 2.45 bits per heavy atom. The fourth-order valence-corrected chi connectivity index (χ4v) is 0.885. The van der Waals surface area contributed by atoms with Crippen LogP contribution in [0.3, 0.4) is 0 Å². The molecule has 0 amide bonds. The Kier molecular flexibility index (Phi) is 6.73. The van der Waals surface area contributed by atoms with Gasteiger partial charge in [-0.1, -0.05) is 40.9 Å². The molecule has 0 aliphatic rings. The van der Waals surface area contributed by atoms with Crippen LogP contribution in [0, 0.1) is 0 Å².